The van der Waals surface area contributed by atoms with Crippen molar-refractivity contribution in [1.29, 1.82) is 0 Å². The molecule has 3 atom stereocenters. The highest BCUT2D eigenvalue weighted by Crippen LogP contribution is 2.57. The van der Waals surface area contributed by atoms with Crippen molar-refractivity contribution in [3.63, 3.8) is 0 Å². The fraction of sp³-hybridized carbons (Fsp3) is 0.846. The van der Waals surface area contributed by atoms with E-state index in [0.717, 1.165) is 26.1 Å². The van der Waals surface area contributed by atoms with Crippen LogP contribution in [0, 0.1) is 11.3 Å². The third-order valence-corrected chi connectivity index (χ3v) is 4.56. The lowest BCUT2D eigenvalue weighted by Gasteiger charge is -2.35. The fourth-order valence-corrected chi connectivity index (χ4v) is 3.75. The monoisotopic (exact) mass is 224 g/mol. The Labute approximate surface area is 96.8 Å². The highest BCUT2D eigenvalue weighted by Gasteiger charge is 2.54. The van der Waals surface area contributed by atoms with Crippen LogP contribution in [0.1, 0.15) is 25.7 Å². The predicted molar refractivity (Wildman–Crippen MR) is 60.0 cm³/mol. The molecule has 1 heterocycles. The zero-order valence-electron chi connectivity index (χ0n) is 9.91. The molecule has 16 heavy (non-hydrogen) atoms. The molecule has 90 valence electrons. The quantitative estimate of drug-likeness (QED) is 0.683. The van der Waals surface area contributed by atoms with Gasteiger partial charge in [0.25, 0.3) is 0 Å². The molecule has 0 radical (unpaired) electrons. The van der Waals surface area contributed by atoms with Crippen molar-refractivity contribution in [3.8, 4) is 0 Å². The SMILES string of the molecule is CO[C@@H]1CC[C@]23CCOCCOC2=CC[C@H]13. The third-order valence-electron chi connectivity index (χ3n) is 4.56. The van der Waals surface area contributed by atoms with E-state index in [-0.39, 0.29) is 5.41 Å². The zero-order chi connectivity index (χ0) is 11.0. The number of methoxy groups -OCH3 is 1. The number of ether oxygens (including phenoxy) is 3. The third kappa shape index (κ3) is 1.41. The van der Waals surface area contributed by atoms with Crippen LogP contribution >= 0.6 is 0 Å². The van der Waals surface area contributed by atoms with Gasteiger partial charge in [0.1, 0.15) is 6.61 Å². The van der Waals surface area contributed by atoms with Gasteiger partial charge in [-0.15, -0.1) is 0 Å². The summed E-state index contributed by atoms with van der Waals surface area (Å²) in [5, 5.41) is 0. The van der Waals surface area contributed by atoms with Crippen LogP contribution in [-0.4, -0.2) is 33.0 Å². The van der Waals surface area contributed by atoms with Gasteiger partial charge in [-0.3, -0.25) is 0 Å². The molecule has 1 saturated carbocycles. The summed E-state index contributed by atoms with van der Waals surface area (Å²) in [6.45, 7) is 2.30. The molecule has 2 fully saturated rings. The van der Waals surface area contributed by atoms with Crippen LogP contribution in [0.4, 0.5) is 0 Å². The van der Waals surface area contributed by atoms with E-state index < -0.39 is 0 Å². The van der Waals surface area contributed by atoms with E-state index in [1.54, 1.807) is 0 Å². The van der Waals surface area contributed by atoms with Crippen LogP contribution in [0.5, 0.6) is 0 Å². The average molecular weight is 224 g/mol. The Morgan fingerprint density at radius 1 is 1.31 bits per heavy atom. The van der Waals surface area contributed by atoms with Crippen molar-refractivity contribution in [2.24, 2.45) is 11.3 Å². The lowest BCUT2D eigenvalue weighted by atomic mass is 9.76. The van der Waals surface area contributed by atoms with Crippen LogP contribution in [0.25, 0.3) is 0 Å². The van der Waals surface area contributed by atoms with Crippen molar-refractivity contribution >= 4 is 0 Å². The normalized spacial score (nSPS) is 42.7. The minimum atomic E-state index is 0.237. The summed E-state index contributed by atoms with van der Waals surface area (Å²) in [5.74, 6) is 1.86. The molecule has 1 spiro atoms. The molecule has 0 bridgehead atoms. The molecule has 0 unspecified atom stereocenters. The van der Waals surface area contributed by atoms with Gasteiger partial charge in [0.2, 0.25) is 0 Å². The van der Waals surface area contributed by atoms with E-state index in [2.05, 4.69) is 6.08 Å². The molecule has 3 heteroatoms. The second kappa shape index (κ2) is 4.04. The van der Waals surface area contributed by atoms with Gasteiger partial charge in [-0.1, -0.05) is 0 Å². The maximum atomic E-state index is 5.88. The Morgan fingerprint density at radius 2 is 2.25 bits per heavy atom. The number of allylic oxidation sites excluding steroid dienone is 2. The highest BCUT2D eigenvalue weighted by molar-refractivity contribution is 5.22. The second-order valence-corrected chi connectivity index (χ2v) is 5.09. The van der Waals surface area contributed by atoms with Crippen LogP contribution < -0.4 is 0 Å². The van der Waals surface area contributed by atoms with Crippen molar-refractivity contribution in [2.75, 3.05) is 26.9 Å². The first-order valence-corrected chi connectivity index (χ1v) is 6.31. The smallest absolute Gasteiger partial charge is 0.111 e. The van der Waals surface area contributed by atoms with Crippen molar-refractivity contribution in [2.45, 2.75) is 31.8 Å². The summed E-state index contributed by atoms with van der Waals surface area (Å²) in [6.07, 6.45) is 7.29. The fourth-order valence-electron chi connectivity index (χ4n) is 3.75. The summed E-state index contributed by atoms with van der Waals surface area (Å²) in [5.41, 5.74) is 0.237. The summed E-state index contributed by atoms with van der Waals surface area (Å²) in [4.78, 5) is 0. The Kier molecular flexibility index (Phi) is 2.68. The van der Waals surface area contributed by atoms with E-state index >= 15 is 0 Å². The lowest BCUT2D eigenvalue weighted by Crippen LogP contribution is -2.33. The molecule has 0 aromatic rings. The van der Waals surface area contributed by atoms with Gasteiger partial charge in [0.05, 0.1) is 18.5 Å². The molecular formula is C13H20O3. The average Bonchev–Trinajstić information content (AvgIpc) is 2.77. The molecule has 3 aliphatic rings. The maximum Gasteiger partial charge on any atom is 0.111 e. The molecule has 0 amide bonds. The Bertz CT molecular complexity index is 300. The molecule has 0 N–H and O–H groups in total. The summed E-state index contributed by atoms with van der Waals surface area (Å²) < 4.78 is 17.1. The van der Waals surface area contributed by atoms with Crippen molar-refractivity contribution in [3.05, 3.63) is 11.8 Å². The van der Waals surface area contributed by atoms with Gasteiger partial charge in [-0.2, -0.15) is 0 Å². The zero-order valence-corrected chi connectivity index (χ0v) is 9.91. The van der Waals surface area contributed by atoms with Crippen molar-refractivity contribution in [1.82, 2.24) is 0 Å². The standard InChI is InChI=1S/C13H20O3/c1-14-11-4-5-13-6-7-15-8-9-16-12(13)3-2-10(11)13/h3,10-11H,2,4-9H2,1H3/t10-,11-,13-/m1/s1. The van der Waals surface area contributed by atoms with E-state index in [1.807, 2.05) is 7.11 Å². The molecule has 1 aliphatic heterocycles. The van der Waals surface area contributed by atoms with E-state index in [1.165, 1.54) is 18.6 Å². The molecular weight excluding hydrogens is 204 g/mol. The predicted octanol–water partition coefficient (Wildman–Crippen LogP) is 2.12. The van der Waals surface area contributed by atoms with Crippen LogP contribution in [0.3, 0.4) is 0 Å². The first-order chi connectivity index (χ1) is 7.87. The summed E-state index contributed by atoms with van der Waals surface area (Å²) in [6, 6.07) is 0. The Balaban J connectivity index is 1.86. The van der Waals surface area contributed by atoms with Crippen molar-refractivity contribution < 1.29 is 14.2 Å². The molecule has 3 rings (SSSR count). The van der Waals surface area contributed by atoms with Gasteiger partial charge < -0.3 is 14.2 Å². The molecule has 0 aromatic heterocycles. The van der Waals surface area contributed by atoms with Gasteiger partial charge in [-0.25, -0.2) is 0 Å². The van der Waals surface area contributed by atoms with Gasteiger partial charge in [0.15, 0.2) is 0 Å². The van der Waals surface area contributed by atoms with E-state index in [9.17, 15) is 0 Å². The minimum Gasteiger partial charge on any atom is -0.495 e. The number of hydrogen-bond acceptors (Lipinski definition) is 3. The minimum absolute atomic E-state index is 0.237. The summed E-state index contributed by atoms with van der Waals surface area (Å²) in [7, 11) is 1.84. The molecule has 2 aliphatic carbocycles. The first kappa shape index (κ1) is 10.6. The molecule has 1 saturated heterocycles. The van der Waals surface area contributed by atoms with E-state index in [4.69, 9.17) is 14.2 Å². The Hall–Kier alpha value is -0.540. The number of hydrogen-bond donors (Lipinski definition) is 0. The number of rotatable bonds is 1. The molecule has 3 nitrogen and oxygen atoms in total. The van der Waals surface area contributed by atoms with Gasteiger partial charge in [0, 0.05) is 25.0 Å². The maximum absolute atomic E-state index is 5.88. The first-order valence-electron chi connectivity index (χ1n) is 6.31. The van der Waals surface area contributed by atoms with Gasteiger partial charge >= 0.3 is 0 Å². The Morgan fingerprint density at radius 3 is 3.12 bits per heavy atom. The lowest BCUT2D eigenvalue weighted by molar-refractivity contribution is -0.0179. The molecule has 0 aromatic carbocycles. The van der Waals surface area contributed by atoms with Crippen LogP contribution in [0.15, 0.2) is 11.8 Å². The van der Waals surface area contributed by atoms with Gasteiger partial charge in [-0.05, 0) is 31.8 Å². The highest BCUT2D eigenvalue weighted by atomic mass is 16.5. The van der Waals surface area contributed by atoms with Crippen LogP contribution in [-0.2, 0) is 14.2 Å². The van der Waals surface area contributed by atoms with E-state index in [0.29, 0.717) is 18.6 Å². The summed E-state index contributed by atoms with van der Waals surface area (Å²) >= 11 is 0. The van der Waals surface area contributed by atoms with Crippen LogP contribution in [0.2, 0.25) is 0 Å². The second-order valence-electron chi connectivity index (χ2n) is 5.09. The largest absolute Gasteiger partial charge is 0.495 e. The topological polar surface area (TPSA) is 27.7 Å².